The topological polar surface area (TPSA) is 69.4 Å². The molecule has 106 valence electrons. The van der Waals surface area contributed by atoms with Crippen molar-refractivity contribution < 1.29 is 18.3 Å². The molecule has 0 saturated heterocycles. The minimum absolute atomic E-state index is 0.160. The first-order valence-electron chi connectivity index (χ1n) is 6.09. The Hall–Kier alpha value is -2.15. The molecule has 20 heavy (non-hydrogen) atoms. The van der Waals surface area contributed by atoms with E-state index in [-0.39, 0.29) is 6.79 Å². The number of fused-ring (bicyclic) bond motifs is 2. The third-order valence-corrected chi connectivity index (χ3v) is 3.07. The number of halogens is 2. The van der Waals surface area contributed by atoms with Crippen molar-refractivity contribution in [2.75, 3.05) is 25.2 Å². The van der Waals surface area contributed by atoms with E-state index < -0.39 is 19.0 Å². The van der Waals surface area contributed by atoms with Crippen LogP contribution in [0.2, 0.25) is 0 Å². The van der Waals surface area contributed by atoms with Crippen LogP contribution in [0.15, 0.2) is 24.4 Å². The third-order valence-electron chi connectivity index (χ3n) is 3.07. The fraction of sp³-hybridized carbons (Fsp3) is 0.308. The SMILES string of the molecule is NCC(F)(F)CNc1nccc2cc3c(cc12)OCO3. The highest BCUT2D eigenvalue weighted by Gasteiger charge is 2.26. The van der Waals surface area contributed by atoms with Crippen LogP contribution in [0, 0.1) is 0 Å². The average Bonchev–Trinajstić information content (AvgIpc) is 2.90. The van der Waals surface area contributed by atoms with Gasteiger partial charge < -0.3 is 20.5 Å². The Morgan fingerprint density at radius 3 is 2.80 bits per heavy atom. The van der Waals surface area contributed by atoms with Crippen molar-refractivity contribution in [2.24, 2.45) is 5.73 Å². The molecule has 0 amide bonds. The van der Waals surface area contributed by atoms with Crippen molar-refractivity contribution in [1.82, 2.24) is 4.98 Å². The number of ether oxygens (including phenoxy) is 2. The normalized spacial score (nSPS) is 13.8. The van der Waals surface area contributed by atoms with Crippen LogP contribution in [0.5, 0.6) is 11.5 Å². The van der Waals surface area contributed by atoms with Crippen LogP contribution in [0.1, 0.15) is 0 Å². The molecule has 1 aliphatic rings. The molecule has 7 heteroatoms. The van der Waals surface area contributed by atoms with Gasteiger partial charge in [-0.15, -0.1) is 0 Å². The molecular weight excluding hydrogens is 268 g/mol. The Bertz CT molecular complexity index is 649. The number of nitrogens with one attached hydrogen (secondary N) is 1. The summed E-state index contributed by atoms with van der Waals surface area (Å²) in [6.45, 7) is -1.12. The zero-order chi connectivity index (χ0) is 14.2. The summed E-state index contributed by atoms with van der Waals surface area (Å²) in [4.78, 5) is 4.09. The molecule has 0 bridgehead atoms. The molecular formula is C13H13F2N3O2. The maximum absolute atomic E-state index is 13.2. The number of aromatic nitrogens is 1. The number of rotatable bonds is 4. The molecule has 2 heterocycles. The summed E-state index contributed by atoms with van der Waals surface area (Å²) in [6.07, 6.45) is 1.55. The Labute approximate surface area is 113 Å². The molecule has 5 nitrogen and oxygen atoms in total. The third kappa shape index (κ3) is 2.32. The lowest BCUT2D eigenvalue weighted by molar-refractivity contribution is 0.0253. The largest absolute Gasteiger partial charge is 0.454 e. The van der Waals surface area contributed by atoms with E-state index in [2.05, 4.69) is 10.3 Å². The average molecular weight is 281 g/mol. The number of pyridine rings is 1. The van der Waals surface area contributed by atoms with Gasteiger partial charge in [0.25, 0.3) is 5.92 Å². The molecule has 0 radical (unpaired) electrons. The van der Waals surface area contributed by atoms with Gasteiger partial charge in [-0.05, 0) is 23.6 Å². The van der Waals surface area contributed by atoms with E-state index in [1.165, 1.54) is 0 Å². The highest BCUT2D eigenvalue weighted by Crippen LogP contribution is 2.37. The first-order valence-corrected chi connectivity index (χ1v) is 6.09. The molecule has 0 saturated carbocycles. The van der Waals surface area contributed by atoms with Gasteiger partial charge in [0.2, 0.25) is 6.79 Å². The highest BCUT2D eigenvalue weighted by atomic mass is 19.3. The summed E-state index contributed by atoms with van der Waals surface area (Å²) in [5, 5.41) is 4.17. The van der Waals surface area contributed by atoms with Crippen molar-refractivity contribution >= 4 is 16.6 Å². The van der Waals surface area contributed by atoms with Gasteiger partial charge in [0.1, 0.15) is 5.82 Å². The van der Waals surface area contributed by atoms with Gasteiger partial charge in [-0.25, -0.2) is 13.8 Å². The van der Waals surface area contributed by atoms with Crippen LogP contribution in [-0.2, 0) is 0 Å². The van der Waals surface area contributed by atoms with E-state index in [1.54, 1.807) is 24.4 Å². The molecule has 0 fully saturated rings. The molecule has 1 aromatic heterocycles. The fourth-order valence-electron chi connectivity index (χ4n) is 1.99. The maximum Gasteiger partial charge on any atom is 0.276 e. The molecule has 1 aromatic carbocycles. The second-order valence-electron chi connectivity index (χ2n) is 4.50. The molecule has 2 aromatic rings. The van der Waals surface area contributed by atoms with E-state index in [1.807, 2.05) is 0 Å². The molecule has 3 N–H and O–H groups in total. The Kier molecular flexibility index (Phi) is 3.06. The second-order valence-corrected chi connectivity index (χ2v) is 4.50. The number of nitrogens with zero attached hydrogens (tertiary/aromatic N) is 1. The van der Waals surface area contributed by atoms with E-state index in [4.69, 9.17) is 15.2 Å². The number of nitrogens with two attached hydrogens (primary N) is 1. The highest BCUT2D eigenvalue weighted by molar-refractivity contribution is 5.94. The van der Waals surface area contributed by atoms with Gasteiger partial charge in [0.15, 0.2) is 11.5 Å². The summed E-state index contributed by atoms with van der Waals surface area (Å²) in [6, 6.07) is 5.31. The number of hydrogen-bond acceptors (Lipinski definition) is 5. The minimum atomic E-state index is -2.97. The molecule has 3 rings (SSSR count). The standard InChI is InChI=1S/C13H13F2N3O2/c14-13(15,5-16)6-18-12-9-4-11-10(19-7-20-11)3-8(9)1-2-17-12/h1-4H,5-7,16H2,(H,17,18). The number of anilines is 1. The molecule has 0 spiro atoms. The van der Waals surface area contributed by atoms with Gasteiger partial charge in [-0.3, -0.25) is 0 Å². The van der Waals surface area contributed by atoms with Crippen LogP contribution in [0.3, 0.4) is 0 Å². The monoisotopic (exact) mass is 281 g/mol. The van der Waals surface area contributed by atoms with Gasteiger partial charge in [0, 0.05) is 11.6 Å². The lowest BCUT2D eigenvalue weighted by atomic mass is 10.1. The fourth-order valence-corrected chi connectivity index (χ4v) is 1.99. The zero-order valence-electron chi connectivity index (χ0n) is 10.5. The van der Waals surface area contributed by atoms with Crippen LogP contribution in [0.25, 0.3) is 10.8 Å². The van der Waals surface area contributed by atoms with Crippen molar-refractivity contribution in [1.29, 1.82) is 0 Å². The summed E-state index contributed by atoms with van der Waals surface area (Å²) in [5.41, 5.74) is 5.01. The summed E-state index contributed by atoms with van der Waals surface area (Å²) >= 11 is 0. The van der Waals surface area contributed by atoms with Gasteiger partial charge in [-0.1, -0.05) is 0 Å². The van der Waals surface area contributed by atoms with Crippen LogP contribution in [0.4, 0.5) is 14.6 Å². The van der Waals surface area contributed by atoms with Crippen molar-refractivity contribution in [2.45, 2.75) is 5.92 Å². The predicted molar refractivity (Wildman–Crippen MR) is 70.4 cm³/mol. The van der Waals surface area contributed by atoms with E-state index in [0.29, 0.717) is 22.7 Å². The van der Waals surface area contributed by atoms with Gasteiger partial charge >= 0.3 is 0 Å². The van der Waals surface area contributed by atoms with E-state index >= 15 is 0 Å². The predicted octanol–water partition coefficient (Wildman–Crippen LogP) is 1.97. The Morgan fingerprint density at radius 2 is 2.05 bits per heavy atom. The quantitative estimate of drug-likeness (QED) is 0.896. The van der Waals surface area contributed by atoms with Crippen LogP contribution >= 0.6 is 0 Å². The summed E-state index contributed by atoms with van der Waals surface area (Å²) in [5.74, 6) is -1.38. The summed E-state index contributed by atoms with van der Waals surface area (Å²) < 4.78 is 37.0. The maximum atomic E-state index is 13.2. The lowest BCUT2D eigenvalue weighted by Crippen LogP contribution is -2.35. The molecule has 1 aliphatic heterocycles. The molecule has 0 unspecified atom stereocenters. The van der Waals surface area contributed by atoms with E-state index in [0.717, 1.165) is 5.39 Å². The second kappa shape index (κ2) is 4.75. The van der Waals surface area contributed by atoms with Crippen molar-refractivity contribution in [3.05, 3.63) is 24.4 Å². The van der Waals surface area contributed by atoms with Crippen molar-refractivity contribution in [3.8, 4) is 11.5 Å². The molecule has 0 atom stereocenters. The first-order chi connectivity index (χ1) is 9.59. The van der Waals surface area contributed by atoms with Crippen LogP contribution < -0.4 is 20.5 Å². The number of benzene rings is 1. The smallest absolute Gasteiger partial charge is 0.276 e. The summed E-state index contributed by atoms with van der Waals surface area (Å²) in [7, 11) is 0. The Morgan fingerprint density at radius 1 is 1.30 bits per heavy atom. The van der Waals surface area contributed by atoms with Gasteiger partial charge in [0.05, 0.1) is 13.1 Å². The van der Waals surface area contributed by atoms with Crippen LogP contribution in [-0.4, -0.2) is 30.8 Å². The minimum Gasteiger partial charge on any atom is -0.454 e. The number of alkyl halides is 2. The molecule has 0 aliphatic carbocycles. The number of hydrogen-bond donors (Lipinski definition) is 2. The van der Waals surface area contributed by atoms with E-state index in [9.17, 15) is 8.78 Å². The first kappa shape index (κ1) is 12.9. The van der Waals surface area contributed by atoms with Crippen molar-refractivity contribution in [3.63, 3.8) is 0 Å². The van der Waals surface area contributed by atoms with Gasteiger partial charge in [-0.2, -0.15) is 0 Å². The lowest BCUT2D eigenvalue weighted by Gasteiger charge is -2.16. The Balaban J connectivity index is 1.95. The zero-order valence-corrected chi connectivity index (χ0v) is 10.5.